The Bertz CT molecular complexity index is 659. The Morgan fingerprint density at radius 2 is 1.88 bits per heavy atom. The summed E-state index contributed by atoms with van der Waals surface area (Å²) in [4.78, 5) is 38.2. The molecule has 2 rings (SSSR count). The first-order valence-corrected chi connectivity index (χ1v) is 9.90. The molecular formula is C19H26N2O4S. The van der Waals surface area contributed by atoms with Crippen LogP contribution >= 0.6 is 11.8 Å². The lowest BCUT2D eigenvalue weighted by Gasteiger charge is -2.31. The lowest BCUT2D eigenvalue weighted by molar-refractivity contribution is -0.138. The van der Waals surface area contributed by atoms with Crippen LogP contribution in [-0.4, -0.2) is 52.7 Å². The zero-order chi connectivity index (χ0) is 19.1. The van der Waals surface area contributed by atoms with Crippen LogP contribution in [0.15, 0.2) is 29.2 Å². The van der Waals surface area contributed by atoms with Gasteiger partial charge in [-0.3, -0.25) is 14.4 Å². The molecule has 1 aromatic rings. The van der Waals surface area contributed by atoms with Crippen molar-refractivity contribution in [3.63, 3.8) is 0 Å². The number of carboxylic acid groups (broad SMARTS) is 1. The monoisotopic (exact) mass is 378 g/mol. The molecule has 0 spiro atoms. The molecule has 0 aliphatic heterocycles. The van der Waals surface area contributed by atoms with Gasteiger partial charge >= 0.3 is 5.97 Å². The molecule has 1 aliphatic carbocycles. The molecule has 1 aliphatic rings. The van der Waals surface area contributed by atoms with Gasteiger partial charge in [0.15, 0.2) is 0 Å². The zero-order valence-corrected chi connectivity index (χ0v) is 16.1. The van der Waals surface area contributed by atoms with Gasteiger partial charge < -0.3 is 15.3 Å². The largest absolute Gasteiger partial charge is 0.480 e. The lowest BCUT2D eigenvalue weighted by Crippen LogP contribution is -2.39. The summed E-state index contributed by atoms with van der Waals surface area (Å²) in [5.41, 5.74) is 0.388. The van der Waals surface area contributed by atoms with E-state index in [0.29, 0.717) is 16.5 Å². The third-order valence-electron chi connectivity index (χ3n) is 4.72. The highest BCUT2D eigenvalue weighted by Gasteiger charge is 2.23. The van der Waals surface area contributed by atoms with Crippen molar-refractivity contribution in [3.05, 3.63) is 29.8 Å². The van der Waals surface area contributed by atoms with E-state index >= 15 is 0 Å². The third kappa shape index (κ3) is 5.49. The summed E-state index contributed by atoms with van der Waals surface area (Å²) in [5.74, 6) is -1.23. The van der Waals surface area contributed by atoms with Gasteiger partial charge in [0.25, 0.3) is 5.91 Å². The Hall–Kier alpha value is -2.02. The predicted molar refractivity (Wildman–Crippen MR) is 101 cm³/mol. The van der Waals surface area contributed by atoms with Gasteiger partial charge in [-0.1, -0.05) is 31.4 Å². The molecule has 1 aromatic carbocycles. The van der Waals surface area contributed by atoms with Crippen LogP contribution in [0, 0.1) is 0 Å². The number of aliphatic carboxylic acids is 1. The SMILES string of the molecule is C[C@@H](NC(=O)c1ccccc1SCC(=O)N(C)C1CCCCC1)C(=O)O. The van der Waals surface area contributed by atoms with Gasteiger partial charge in [0.05, 0.1) is 11.3 Å². The van der Waals surface area contributed by atoms with E-state index in [2.05, 4.69) is 5.32 Å². The Labute approximate surface area is 158 Å². The summed E-state index contributed by atoms with van der Waals surface area (Å²) in [7, 11) is 1.85. The highest BCUT2D eigenvalue weighted by molar-refractivity contribution is 8.00. The molecule has 6 nitrogen and oxygen atoms in total. The first kappa shape index (κ1) is 20.3. The number of thioether (sulfide) groups is 1. The van der Waals surface area contributed by atoms with Crippen molar-refractivity contribution >= 4 is 29.5 Å². The summed E-state index contributed by atoms with van der Waals surface area (Å²) in [5, 5.41) is 11.4. The highest BCUT2D eigenvalue weighted by atomic mass is 32.2. The van der Waals surface area contributed by atoms with Gasteiger partial charge in [-0.05, 0) is 31.9 Å². The molecular weight excluding hydrogens is 352 g/mol. The van der Waals surface area contributed by atoms with E-state index in [-0.39, 0.29) is 11.7 Å². The number of carboxylic acids is 1. The van der Waals surface area contributed by atoms with E-state index in [1.165, 1.54) is 37.9 Å². The van der Waals surface area contributed by atoms with Crippen LogP contribution in [0.1, 0.15) is 49.4 Å². The van der Waals surface area contributed by atoms with Crippen molar-refractivity contribution in [1.82, 2.24) is 10.2 Å². The molecule has 2 amide bonds. The molecule has 2 N–H and O–H groups in total. The molecule has 7 heteroatoms. The van der Waals surface area contributed by atoms with Gasteiger partial charge in [0, 0.05) is 18.0 Å². The average Bonchev–Trinajstić information content (AvgIpc) is 2.66. The van der Waals surface area contributed by atoms with Gasteiger partial charge in [-0.15, -0.1) is 11.8 Å². The van der Waals surface area contributed by atoms with Crippen molar-refractivity contribution in [3.8, 4) is 0 Å². The topological polar surface area (TPSA) is 86.7 Å². The van der Waals surface area contributed by atoms with Crippen LogP contribution in [0.4, 0.5) is 0 Å². The normalized spacial score (nSPS) is 15.9. The molecule has 0 heterocycles. The number of benzene rings is 1. The quantitative estimate of drug-likeness (QED) is 0.713. The van der Waals surface area contributed by atoms with Crippen molar-refractivity contribution in [2.75, 3.05) is 12.8 Å². The van der Waals surface area contributed by atoms with Crippen LogP contribution in [0.3, 0.4) is 0 Å². The lowest BCUT2D eigenvalue weighted by atomic mass is 9.94. The molecule has 1 fully saturated rings. The van der Waals surface area contributed by atoms with Crippen molar-refractivity contribution in [1.29, 1.82) is 0 Å². The van der Waals surface area contributed by atoms with Gasteiger partial charge in [0.1, 0.15) is 6.04 Å². The maximum Gasteiger partial charge on any atom is 0.325 e. The fraction of sp³-hybridized carbons (Fsp3) is 0.526. The second-order valence-corrected chi connectivity index (χ2v) is 7.63. The van der Waals surface area contributed by atoms with Crippen molar-refractivity contribution in [2.24, 2.45) is 0 Å². The molecule has 1 atom stereocenters. The Kier molecular flexibility index (Phi) is 7.50. The van der Waals surface area contributed by atoms with E-state index in [1.54, 1.807) is 24.3 Å². The van der Waals surface area contributed by atoms with Crippen molar-refractivity contribution < 1.29 is 19.5 Å². The van der Waals surface area contributed by atoms with Crippen LogP contribution in [0.5, 0.6) is 0 Å². The number of amides is 2. The summed E-state index contributed by atoms with van der Waals surface area (Å²) in [6.45, 7) is 1.42. The van der Waals surface area contributed by atoms with Gasteiger partial charge in [0.2, 0.25) is 5.91 Å². The fourth-order valence-corrected chi connectivity index (χ4v) is 4.00. The number of carbonyl (C=O) groups excluding carboxylic acids is 2. The number of nitrogens with zero attached hydrogens (tertiary/aromatic N) is 1. The number of hydrogen-bond donors (Lipinski definition) is 2. The summed E-state index contributed by atoms with van der Waals surface area (Å²) < 4.78 is 0. The van der Waals surface area contributed by atoms with Crippen molar-refractivity contribution in [2.45, 2.75) is 56.0 Å². The standard InChI is InChI=1S/C19H26N2O4S/c1-13(19(24)25)20-18(23)15-10-6-7-11-16(15)26-12-17(22)21(2)14-8-4-3-5-9-14/h6-7,10-11,13-14H,3-5,8-9,12H2,1-2H3,(H,20,23)(H,24,25)/t13-/m1/s1. The number of carbonyl (C=O) groups is 3. The zero-order valence-electron chi connectivity index (χ0n) is 15.2. The van der Waals surface area contributed by atoms with Gasteiger partial charge in [-0.2, -0.15) is 0 Å². The Morgan fingerprint density at radius 3 is 2.54 bits per heavy atom. The Balaban J connectivity index is 1.97. The third-order valence-corrected chi connectivity index (χ3v) is 5.77. The van der Waals surface area contributed by atoms with E-state index in [9.17, 15) is 14.4 Å². The molecule has 0 aromatic heterocycles. The minimum Gasteiger partial charge on any atom is -0.480 e. The number of hydrogen-bond acceptors (Lipinski definition) is 4. The Morgan fingerprint density at radius 1 is 1.23 bits per heavy atom. The van der Waals surface area contributed by atoms with E-state index in [0.717, 1.165) is 12.8 Å². The number of rotatable bonds is 7. The van der Waals surface area contributed by atoms with E-state index in [1.807, 2.05) is 11.9 Å². The minimum atomic E-state index is -1.09. The second-order valence-electron chi connectivity index (χ2n) is 6.61. The minimum absolute atomic E-state index is 0.0519. The summed E-state index contributed by atoms with van der Waals surface area (Å²) >= 11 is 1.31. The average molecular weight is 378 g/mol. The van der Waals surface area contributed by atoms with E-state index in [4.69, 9.17) is 5.11 Å². The predicted octanol–water partition coefficient (Wildman–Crippen LogP) is 2.77. The highest BCUT2D eigenvalue weighted by Crippen LogP contribution is 2.25. The molecule has 26 heavy (non-hydrogen) atoms. The molecule has 0 saturated heterocycles. The molecule has 1 saturated carbocycles. The molecule has 142 valence electrons. The fourth-order valence-electron chi connectivity index (χ4n) is 3.03. The smallest absolute Gasteiger partial charge is 0.325 e. The van der Waals surface area contributed by atoms with Gasteiger partial charge in [-0.25, -0.2) is 0 Å². The maximum atomic E-state index is 12.5. The van der Waals surface area contributed by atoms with Crippen LogP contribution < -0.4 is 5.32 Å². The summed E-state index contributed by atoms with van der Waals surface area (Å²) in [6, 6.07) is 6.28. The van der Waals surface area contributed by atoms with Crippen LogP contribution in [-0.2, 0) is 9.59 Å². The number of nitrogens with one attached hydrogen (secondary N) is 1. The summed E-state index contributed by atoms with van der Waals surface area (Å²) in [6.07, 6.45) is 5.68. The molecule has 0 bridgehead atoms. The van der Waals surface area contributed by atoms with E-state index < -0.39 is 17.9 Å². The molecule has 0 radical (unpaired) electrons. The maximum absolute atomic E-state index is 12.5. The first-order chi connectivity index (χ1) is 12.4. The molecule has 0 unspecified atom stereocenters. The van der Waals surface area contributed by atoms with Crippen LogP contribution in [0.25, 0.3) is 0 Å². The second kappa shape index (κ2) is 9.62. The first-order valence-electron chi connectivity index (χ1n) is 8.91. The van der Waals surface area contributed by atoms with Crippen LogP contribution in [0.2, 0.25) is 0 Å².